The summed E-state index contributed by atoms with van der Waals surface area (Å²) < 4.78 is 5.24. The van der Waals surface area contributed by atoms with Crippen LogP contribution in [0.3, 0.4) is 0 Å². The molecule has 1 aromatic carbocycles. The number of carbonyl (C=O) groups is 1. The van der Waals surface area contributed by atoms with Gasteiger partial charge in [0, 0.05) is 19.8 Å². The zero-order valence-electron chi connectivity index (χ0n) is 11.8. The minimum absolute atomic E-state index is 0.156. The molecule has 1 heterocycles. The minimum Gasteiger partial charge on any atom is -0.381 e. The van der Waals surface area contributed by atoms with E-state index in [-0.39, 0.29) is 5.91 Å². The second-order valence-corrected chi connectivity index (χ2v) is 5.24. The van der Waals surface area contributed by atoms with Crippen LogP contribution in [0.15, 0.2) is 24.3 Å². The van der Waals surface area contributed by atoms with Crippen LogP contribution >= 0.6 is 0 Å². The molecule has 1 amide bonds. The average Bonchev–Trinajstić information content (AvgIpc) is 2.49. The van der Waals surface area contributed by atoms with Crippen LogP contribution in [0.2, 0.25) is 0 Å². The van der Waals surface area contributed by atoms with Crippen LogP contribution in [-0.4, -0.2) is 25.7 Å². The van der Waals surface area contributed by atoms with Gasteiger partial charge >= 0.3 is 0 Å². The SMILES string of the molecule is Cc1ccccc1CCNC(=O)C1(C#N)CCOCC1. The van der Waals surface area contributed by atoms with Gasteiger partial charge in [0.25, 0.3) is 0 Å². The lowest BCUT2D eigenvalue weighted by molar-refractivity contribution is -0.132. The molecule has 0 radical (unpaired) electrons. The van der Waals surface area contributed by atoms with Gasteiger partial charge < -0.3 is 10.1 Å². The van der Waals surface area contributed by atoms with Gasteiger partial charge in [-0.1, -0.05) is 24.3 Å². The smallest absolute Gasteiger partial charge is 0.240 e. The standard InChI is InChI=1S/C16H20N2O2/c1-13-4-2-3-5-14(13)6-9-18-15(19)16(12-17)7-10-20-11-8-16/h2-5H,6-11H2,1H3,(H,18,19). The van der Waals surface area contributed by atoms with E-state index in [2.05, 4.69) is 30.4 Å². The summed E-state index contributed by atoms with van der Waals surface area (Å²) in [6.07, 6.45) is 1.76. The van der Waals surface area contributed by atoms with E-state index >= 15 is 0 Å². The molecule has 1 saturated heterocycles. The van der Waals surface area contributed by atoms with E-state index in [4.69, 9.17) is 4.74 Å². The molecule has 1 aliphatic rings. The van der Waals surface area contributed by atoms with Gasteiger partial charge in [-0.2, -0.15) is 5.26 Å². The Bertz CT molecular complexity index is 513. The Balaban J connectivity index is 1.89. The summed E-state index contributed by atoms with van der Waals surface area (Å²) in [4.78, 5) is 12.2. The number of nitrogens with one attached hydrogen (secondary N) is 1. The molecule has 0 atom stereocenters. The fraction of sp³-hybridized carbons (Fsp3) is 0.500. The van der Waals surface area contributed by atoms with Crippen molar-refractivity contribution < 1.29 is 9.53 Å². The Labute approximate surface area is 119 Å². The molecular formula is C16H20N2O2. The number of aryl methyl sites for hydroxylation is 1. The molecule has 1 fully saturated rings. The number of hydrogen-bond donors (Lipinski definition) is 1. The number of carbonyl (C=O) groups excluding carboxylic acids is 1. The Kier molecular flexibility index (Phi) is 4.75. The summed E-state index contributed by atoms with van der Waals surface area (Å²) in [5.41, 5.74) is 1.55. The van der Waals surface area contributed by atoms with Crippen molar-refractivity contribution in [2.24, 2.45) is 5.41 Å². The van der Waals surface area contributed by atoms with Gasteiger partial charge in [-0.3, -0.25) is 4.79 Å². The van der Waals surface area contributed by atoms with Gasteiger partial charge in [0.1, 0.15) is 5.41 Å². The van der Waals surface area contributed by atoms with Gasteiger partial charge in [-0.15, -0.1) is 0 Å². The van der Waals surface area contributed by atoms with E-state index in [1.54, 1.807) is 0 Å². The number of ether oxygens (including phenoxy) is 1. The quantitative estimate of drug-likeness (QED) is 0.911. The Morgan fingerprint density at radius 1 is 1.40 bits per heavy atom. The molecule has 1 N–H and O–H groups in total. The highest BCUT2D eigenvalue weighted by molar-refractivity contribution is 5.85. The van der Waals surface area contributed by atoms with Crippen LogP contribution in [0.5, 0.6) is 0 Å². The number of rotatable bonds is 4. The first-order chi connectivity index (χ1) is 9.68. The predicted molar refractivity (Wildman–Crippen MR) is 76.0 cm³/mol. The molecule has 0 saturated carbocycles. The van der Waals surface area contributed by atoms with E-state index in [1.807, 2.05) is 12.1 Å². The Morgan fingerprint density at radius 3 is 2.75 bits per heavy atom. The van der Waals surface area contributed by atoms with E-state index in [1.165, 1.54) is 11.1 Å². The van der Waals surface area contributed by atoms with Gasteiger partial charge in [0.2, 0.25) is 5.91 Å². The van der Waals surface area contributed by atoms with Crippen molar-refractivity contribution in [3.05, 3.63) is 35.4 Å². The predicted octanol–water partition coefficient (Wildman–Crippen LogP) is 1.97. The van der Waals surface area contributed by atoms with Crippen molar-refractivity contribution in [1.29, 1.82) is 5.26 Å². The zero-order valence-corrected chi connectivity index (χ0v) is 11.8. The first kappa shape index (κ1) is 14.5. The molecule has 2 rings (SSSR count). The molecule has 0 spiro atoms. The summed E-state index contributed by atoms with van der Waals surface area (Å²) in [6.45, 7) is 3.60. The molecule has 4 heteroatoms. The van der Waals surface area contributed by atoms with Gasteiger partial charge in [-0.05, 0) is 37.3 Å². The minimum atomic E-state index is -0.899. The number of nitrogens with zero attached hydrogens (tertiary/aromatic N) is 1. The largest absolute Gasteiger partial charge is 0.381 e. The summed E-state index contributed by atoms with van der Waals surface area (Å²) in [5.74, 6) is -0.156. The van der Waals surface area contributed by atoms with E-state index in [0.717, 1.165) is 6.42 Å². The van der Waals surface area contributed by atoms with Crippen molar-refractivity contribution in [2.45, 2.75) is 26.2 Å². The summed E-state index contributed by atoms with van der Waals surface area (Å²) in [5, 5.41) is 12.2. The van der Waals surface area contributed by atoms with Crippen LogP contribution in [0, 0.1) is 23.7 Å². The van der Waals surface area contributed by atoms with E-state index < -0.39 is 5.41 Å². The maximum absolute atomic E-state index is 12.2. The fourth-order valence-corrected chi connectivity index (χ4v) is 2.48. The molecule has 0 aliphatic carbocycles. The van der Waals surface area contributed by atoms with Crippen molar-refractivity contribution in [3.63, 3.8) is 0 Å². The first-order valence-corrected chi connectivity index (χ1v) is 7.00. The van der Waals surface area contributed by atoms with Crippen molar-refractivity contribution in [2.75, 3.05) is 19.8 Å². The molecule has 20 heavy (non-hydrogen) atoms. The van der Waals surface area contributed by atoms with Crippen LogP contribution in [0.1, 0.15) is 24.0 Å². The molecule has 1 aromatic rings. The third-order valence-corrected chi connectivity index (χ3v) is 3.94. The van der Waals surface area contributed by atoms with Crippen molar-refractivity contribution >= 4 is 5.91 Å². The van der Waals surface area contributed by atoms with Crippen molar-refractivity contribution in [1.82, 2.24) is 5.32 Å². The van der Waals surface area contributed by atoms with Gasteiger partial charge in [0.05, 0.1) is 6.07 Å². The summed E-state index contributed by atoms with van der Waals surface area (Å²) in [6, 6.07) is 10.3. The molecular weight excluding hydrogens is 252 g/mol. The van der Waals surface area contributed by atoms with Crippen LogP contribution in [-0.2, 0) is 16.0 Å². The zero-order chi connectivity index (χ0) is 14.4. The molecule has 0 unspecified atom stereocenters. The molecule has 1 aliphatic heterocycles. The highest BCUT2D eigenvalue weighted by atomic mass is 16.5. The number of benzene rings is 1. The molecule has 0 bridgehead atoms. The number of nitriles is 1. The molecule has 4 nitrogen and oxygen atoms in total. The Hall–Kier alpha value is -1.86. The lowest BCUT2D eigenvalue weighted by atomic mass is 9.81. The Morgan fingerprint density at radius 2 is 2.10 bits per heavy atom. The maximum atomic E-state index is 12.2. The first-order valence-electron chi connectivity index (χ1n) is 7.00. The topological polar surface area (TPSA) is 62.1 Å². The fourth-order valence-electron chi connectivity index (χ4n) is 2.48. The second kappa shape index (κ2) is 6.53. The highest BCUT2D eigenvalue weighted by Crippen LogP contribution is 2.29. The van der Waals surface area contributed by atoms with E-state index in [0.29, 0.717) is 32.6 Å². The number of amides is 1. The van der Waals surface area contributed by atoms with E-state index in [9.17, 15) is 10.1 Å². The average molecular weight is 272 g/mol. The summed E-state index contributed by atoms with van der Waals surface area (Å²) >= 11 is 0. The maximum Gasteiger partial charge on any atom is 0.240 e. The molecule has 106 valence electrons. The van der Waals surface area contributed by atoms with Crippen LogP contribution < -0.4 is 5.32 Å². The molecule has 0 aromatic heterocycles. The normalized spacial score (nSPS) is 17.2. The summed E-state index contributed by atoms with van der Waals surface area (Å²) in [7, 11) is 0. The number of hydrogen-bond acceptors (Lipinski definition) is 3. The van der Waals surface area contributed by atoms with Gasteiger partial charge in [0.15, 0.2) is 0 Å². The highest BCUT2D eigenvalue weighted by Gasteiger charge is 2.40. The lowest BCUT2D eigenvalue weighted by Gasteiger charge is -2.29. The lowest BCUT2D eigenvalue weighted by Crippen LogP contribution is -2.44. The second-order valence-electron chi connectivity index (χ2n) is 5.24. The van der Waals surface area contributed by atoms with Gasteiger partial charge in [-0.25, -0.2) is 0 Å². The third kappa shape index (κ3) is 3.17. The van der Waals surface area contributed by atoms with Crippen LogP contribution in [0.4, 0.5) is 0 Å². The third-order valence-electron chi connectivity index (χ3n) is 3.94. The monoisotopic (exact) mass is 272 g/mol. The van der Waals surface area contributed by atoms with Crippen molar-refractivity contribution in [3.8, 4) is 6.07 Å². The van der Waals surface area contributed by atoms with Crippen LogP contribution in [0.25, 0.3) is 0 Å².